The van der Waals surface area contributed by atoms with Gasteiger partial charge in [-0.25, -0.2) is 4.57 Å². The number of nitrogens with zero attached hydrogens (tertiary/aromatic N) is 1. The smallest absolute Gasteiger partial charge is 0.391 e. The second-order valence-electron chi connectivity index (χ2n) is 18.2. The number of phosphoric acid groups is 1. The third kappa shape index (κ3) is 41.7. The third-order valence-corrected chi connectivity index (χ3v) is 12.3. The topological polar surface area (TPSA) is 105 Å². The zero-order valence-electron chi connectivity index (χ0n) is 38.2. The molecule has 0 aromatic heterocycles. The SMILES string of the molecule is CCCCCCCCCCCCCCCCCCCCCCCCCCCCCC(O)C(COP(=O)(O)OCC[N+](C)(C)C)NC(=O)CCCCCCCCC. The van der Waals surface area contributed by atoms with Crippen molar-refractivity contribution in [1.82, 2.24) is 5.32 Å². The fourth-order valence-electron chi connectivity index (χ4n) is 7.46. The van der Waals surface area contributed by atoms with Gasteiger partial charge in [0.25, 0.3) is 0 Å². The van der Waals surface area contributed by atoms with Gasteiger partial charge in [-0.15, -0.1) is 0 Å². The fourth-order valence-corrected chi connectivity index (χ4v) is 8.20. The minimum atomic E-state index is -4.30. The van der Waals surface area contributed by atoms with Crippen molar-refractivity contribution in [2.75, 3.05) is 40.9 Å². The standard InChI is InChI=1S/C47H97N2O6P/c1-6-8-10-12-14-15-16-17-18-19-20-21-22-23-24-25-26-27-28-29-30-31-32-33-35-36-38-40-46(50)45(44-55-56(52,53)54-43-42-49(3,4)5)48-47(51)41-39-37-34-13-11-9-7-2/h45-46,50H,6-44H2,1-5H3,(H-,48,51,52,53)/p+1. The summed E-state index contributed by atoms with van der Waals surface area (Å²) in [5.74, 6) is -0.148. The molecule has 336 valence electrons. The zero-order chi connectivity index (χ0) is 41.4. The highest BCUT2D eigenvalue weighted by Gasteiger charge is 2.28. The van der Waals surface area contributed by atoms with E-state index in [2.05, 4.69) is 19.2 Å². The molecule has 1 amide bonds. The van der Waals surface area contributed by atoms with Crippen molar-refractivity contribution >= 4 is 13.7 Å². The molecule has 0 spiro atoms. The van der Waals surface area contributed by atoms with E-state index in [-0.39, 0.29) is 19.1 Å². The average Bonchev–Trinajstić information content (AvgIpc) is 3.15. The Hall–Kier alpha value is -0.500. The van der Waals surface area contributed by atoms with Crippen LogP contribution in [0.25, 0.3) is 0 Å². The number of phosphoric ester groups is 1. The monoisotopic (exact) mass is 818 g/mol. The van der Waals surface area contributed by atoms with Gasteiger partial charge in [0.1, 0.15) is 13.2 Å². The van der Waals surface area contributed by atoms with Gasteiger partial charge >= 0.3 is 7.82 Å². The Morgan fingerprint density at radius 1 is 0.536 bits per heavy atom. The van der Waals surface area contributed by atoms with Gasteiger partial charge in [-0.05, 0) is 12.8 Å². The highest BCUT2D eigenvalue weighted by atomic mass is 31.2. The molecule has 0 aromatic rings. The first-order chi connectivity index (χ1) is 27.0. The number of hydrogen-bond donors (Lipinski definition) is 3. The quantitative estimate of drug-likeness (QED) is 0.0321. The first-order valence-electron chi connectivity index (χ1n) is 24.4. The molecule has 0 saturated carbocycles. The van der Waals surface area contributed by atoms with Crippen molar-refractivity contribution < 1.29 is 32.9 Å². The van der Waals surface area contributed by atoms with Crippen LogP contribution in [0.3, 0.4) is 0 Å². The second kappa shape index (κ2) is 39.9. The molecule has 0 bridgehead atoms. The maximum Gasteiger partial charge on any atom is 0.472 e. The molecule has 0 saturated heterocycles. The van der Waals surface area contributed by atoms with E-state index >= 15 is 0 Å². The van der Waals surface area contributed by atoms with Gasteiger partial charge in [0.15, 0.2) is 0 Å². The van der Waals surface area contributed by atoms with Gasteiger partial charge in [0, 0.05) is 6.42 Å². The maximum absolute atomic E-state index is 12.8. The first-order valence-corrected chi connectivity index (χ1v) is 25.9. The van der Waals surface area contributed by atoms with Gasteiger partial charge < -0.3 is 19.8 Å². The van der Waals surface area contributed by atoms with Gasteiger partial charge in [-0.3, -0.25) is 13.8 Å². The number of unbranched alkanes of at least 4 members (excludes halogenated alkanes) is 32. The molecular formula is C47H98N2O6P+. The number of aliphatic hydroxyl groups excluding tert-OH is 1. The molecule has 0 aliphatic carbocycles. The van der Waals surface area contributed by atoms with E-state index in [1.165, 1.54) is 180 Å². The predicted octanol–water partition coefficient (Wildman–Crippen LogP) is 13.8. The van der Waals surface area contributed by atoms with Gasteiger partial charge in [-0.1, -0.05) is 226 Å². The average molecular weight is 818 g/mol. The van der Waals surface area contributed by atoms with Crippen molar-refractivity contribution in [1.29, 1.82) is 0 Å². The number of hydrogen-bond acceptors (Lipinski definition) is 5. The van der Waals surface area contributed by atoms with Crippen LogP contribution in [0.15, 0.2) is 0 Å². The number of likely N-dealkylation sites (N-methyl/N-ethyl adjacent to an activating group) is 1. The molecule has 0 aliphatic rings. The number of rotatable bonds is 45. The lowest BCUT2D eigenvalue weighted by atomic mass is 10.0. The molecule has 0 fully saturated rings. The number of amides is 1. The summed E-state index contributed by atoms with van der Waals surface area (Å²) in [6.45, 7) is 4.87. The van der Waals surface area contributed by atoms with Crippen LogP contribution in [0.5, 0.6) is 0 Å². The highest BCUT2D eigenvalue weighted by Crippen LogP contribution is 2.43. The Bertz CT molecular complexity index is 885. The number of carbonyl (C=O) groups is 1. The molecule has 0 radical (unpaired) electrons. The lowest BCUT2D eigenvalue weighted by Crippen LogP contribution is -2.46. The summed E-state index contributed by atoms with van der Waals surface area (Å²) in [7, 11) is 1.63. The van der Waals surface area contributed by atoms with Crippen molar-refractivity contribution in [3.8, 4) is 0 Å². The van der Waals surface area contributed by atoms with E-state index in [4.69, 9.17) is 9.05 Å². The summed E-state index contributed by atoms with van der Waals surface area (Å²) in [5.41, 5.74) is 0. The van der Waals surface area contributed by atoms with E-state index in [1.54, 1.807) is 0 Å². The molecule has 0 aliphatic heterocycles. The number of quaternary nitrogens is 1. The molecule has 8 nitrogen and oxygen atoms in total. The summed E-state index contributed by atoms with van der Waals surface area (Å²) >= 11 is 0. The van der Waals surface area contributed by atoms with Crippen LogP contribution < -0.4 is 5.32 Å². The molecule has 0 rings (SSSR count). The Labute approximate surface area is 349 Å². The lowest BCUT2D eigenvalue weighted by molar-refractivity contribution is -0.870. The van der Waals surface area contributed by atoms with Crippen molar-refractivity contribution in [3.63, 3.8) is 0 Å². The van der Waals surface area contributed by atoms with Crippen molar-refractivity contribution in [2.24, 2.45) is 0 Å². The van der Waals surface area contributed by atoms with Crippen LogP contribution in [-0.4, -0.2) is 73.4 Å². The van der Waals surface area contributed by atoms with Gasteiger partial charge in [0.2, 0.25) is 5.91 Å². The normalized spacial score (nSPS) is 14.2. The Morgan fingerprint density at radius 3 is 1.20 bits per heavy atom. The summed E-state index contributed by atoms with van der Waals surface area (Å²) in [6.07, 6.45) is 44.6. The van der Waals surface area contributed by atoms with Crippen LogP contribution in [0, 0.1) is 0 Å². The van der Waals surface area contributed by atoms with Crippen molar-refractivity contribution in [3.05, 3.63) is 0 Å². The van der Waals surface area contributed by atoms with Crippen LogP contribution in [0.2, 0.25) is 0 Å². The number of aliphatic hydroxyl groups is 1. The first kappa shape index (κ1) is 55.5. The largest absolute Gasteiger partial charge is 0.472 e. The van der Waals surface area contributed by atoms with Crippen LogP contribution >= 0.6 is 7.82 Å². The molecule has 0 heterocycles. The van der Waals surface area contributed by atoms with E-state index in [9.17, 15) is 19.4 Å². The molecular weight excluding hydrogens is 719 g/mol. The minimum Gasteiger partial charge on any atom is -0.391 e. The van der Waals surface area contributed by atoms with Gasteiger partial charge in [0.05, 0.1) is 39.9 Å². The molecule has 0 aromatic carbocycles. The van der Waals surface area contributed by atoms with E-state index < -0.39 is 20.0 Å². The fraction of sp³-hybridized carbons (Fsp3) is 0.979. The summed E-state index contributed by atoms with van der Waals surface area (Å²) < 4.78 is 23.6. The van der Waals surface area contributed by atoms with Crippen LogP contribution in [-0.2, 0) is 18.4 Å². The molecule has 9 heteroatoms. The molecule has 56 heavy (non-hydrogen) atoms. The number of nitrogens with one attached hydrogen (secondary N) is 1. The van der Waals surface area contributed by atoms with Crippen molar-refractivity contribution in [2.45, 2.75) is 257 Å². The van der Waals surface area contributed by atoms with Crippen LogP contribution in [0.1, 0.15) is 245 Å². The zero-order valence-corrected chi connectivity index (χ0v) is 39.0. The Balaban J connectivity index is 3.97. The molecule has 3 atom stereocenters. The van der Waals surface area contributed by atoms with Gasteiger partial charge in [-0.2, -0.15) is 0 Å². The second-order valence-corrected chi connectivity index (χ2v) is 19.7. The number of carbonyl (C=O) groups excluding carboxylic acids is 1. The highest BCUT2D eigenvalue weighted by molar-refractivity contribution is 7.47. The lowest BCUT2D eigenvalue weighted by Gasteiger charge is -2.26. The molecule has 3 N–H and O–H groups in total. The maximum atomic E-state index is 12.8. The van der Waals surface area contributed by atoms with E-state index in [0.717, 1.165) is 38.5 Å². The molecule has 3 unspecified atom stereocenters. The summed E-state index contributed by atoms with van der Waals surface area (Å²) in [6, 6.07) is -0.751. The summed E-state index contributed by atoms with van der Waals surface area (Å²) in [5, 5.41) is 13.9. The Morgan fingerprint density at radius 2 is 0.857 bits per heavy atom. The third-order valence-electron chi connectivity index (χ3n) is 11.4. The minimum absolute atomic E-state index is 0.0781. The predicted molar refractivity (Wildman–Crippen MR) is 240 cm³/mol. The Kier molecular flexibility index (Phi) is 39.6. The summed E-state index contributed by atoms with van der Waals surface area (Å²) in [4.78, 5) is 23.0. The van der Waals surface area contributed by atoms with Crippen LogP contribution in [0.4, 0.5) is 0 Å². The van der Waals surface area contributed by atoms with E-state index in [0.29, 0.717) is 23.9 Å². The van der Waals surface area contributed by atoms with E-state index in [1.807, 2.05) is 21.1 Å².